The van der Waals surface area contributed by atoms with Gasteiger partial charge in [-0.15, -0.1) is 11.3 Å². The molecule has 1 atom stereocenters. The zero-order valence-electron chi connectivity index (χ0n) is 19.0. The number of aromatic nitrogens is 2. The van der Waals surface area contributed by atoms with Crippen LogP contribution in [0.3, 0.4) is 0 Å². The van der Waals surface area contributed by atoms with E-state index in [4.69, 9.17) is 0 Å². The first kappa shape index (κ1) is 23.2. The Morgan fingerprint density at radius 3 is 2.67 bits per heavy atom. The number of nitrogens with one attached hydrogen (secondary N) is 1. The minimum Gasteiger partial charge on any atom is -0.351 e. The molecule has 0 saturated heterocycles. The molecule has 1 saturated carbocycles. The number of thiophene rings is 1. The molecule has 1 N–H and O–H groups in total. The van der Waals surface area contributed by atoms with Crippen LogP contribution in [0.2, 0.25) is 0 Å². The molecule has 3 aromatic rings. The number of benzene rings is 1. The predicted octanol–water partition coefficient (Wildman–Crippen LogP) is 4.70. The Kier molecular flexibility index (Phi) is 7.23. The fourth-order valence-corrected chi connectivity index (χ4v) is 5.22. The zero-order chi connectivity index (χ0) is 23.4. The number of carbonyl (C=O) groups is 2. The molecule has 0 spiro atoms. The number of anilines is 1. The van der Waals surface area contributed by atoms with Crippen molar-refractivity contribution in [3.63, 3.8) is 0 Å². The maximum Gasteiger partial charge on any atom is 0.248 e. The van der Waals surface area contributed by atoms with Crippen molar-refractivity contribution in [3.05, 3.63) is 69.9 Å². The summed E-state index contributed by atoms with van der Waals surface area (Å²) in [6.07, 6.45) is 7.07. The molecule has 1 unspecified atom stereocenters. The van der Waals surface area contributed by atoms with Crippen molar-refractivity contribution in [1.82, 2.24) is 15.1 Å². The number of hydrogen-bond acceptors (Lipinski definition) is 4. The maximum atomic E-state index is 14.2. The lowest BCUT2D eigenvalue weighted by Crippen LogP contribution is -2.47. The van der Waals surface area contributed by atoms with Gasteiger partial charge in [-0.05, 0) is 49.4 Å². The monoisotopic (exact) mass is 468 g/mol. The van der Waals surface area contributed by atoms with Gasteiger partial charge in [0.15, 0.2) is 0 Å². The van der Waals surface area contributed by atoms with Crippen LogP contribution < -0.4 is 10.2 Å². The van der Waals surface area contributed by atoms with Gasteiger partial charge in [-0.1, -0.05) is 31.4 Å². The highest BCUT2D eigenvalue weighted by Gasteiger charge is 2.36. The lowest BCUT2D eigenvalue weighted by Gasteiger charge is -2.33. The molecule has 8 heteroatoms. The van der Waals surface area contributed by atoms with Crippen molar-refractivity contribution < 1.29 is 14.0 Å². The molecule has 0 aliphatic heterocycles. The molecule has 2 amide bonds. The topological polar surface area (TPSA) is 67.2 Å². The molecule has 0 radical (unpaired) electrons. The molecule has 4 rings (SSSR count). The second kappa shape index (κ2) is 10.3. The molecular weight excluding hydrogens is 439 g/mol. The highest BCUT2D eigenvalue weighted by Crippen LogP contribution is 2.32. The third-order valence-corrected chi connectivity index (χ3v) is 6.94. The van der Waals surface area contributed by atoms with Crippen molar-refractivity contribution in [3.8, 4) is 0 Å². The molecule has 1 aromatic carbocycles. The first-order valence-electron chi connectivity index (χ1n) is 11.3. The Balaban J connectivity index is 1.76. The molecule has 33 heavy (non-hydrogen) atoms. The van der Waals surface area contributed by atoms with Gasteiger partial charge < -0.3 is 5.32 Å². The summed E-state index contributed by atoms with van der Waals surface area (Å²) in [6, 6.07) is 8.76. The fourth-order valence-electron chi connectivity index (χ4n) is 4.52. The number of nitrogens with zero attached hydrogens (tertiary/aromatic N) is 3. The standard InChI is InChI=1S/C25H29FN4O2S/c1-17-22(16-29(2)28-17)24(25(32)27-19-9-4-3-5-10-19)30(20-11-6-8-18(26)14-20)23(31)15-21-12-7-13-33-21/h6-8,11-14,16,19,24H,3-5,9-10,15H2,1-2H3,(H,27,32). The van der Waals surface area contributed by atoms with E-state index in [1.165, 1.54) is 34.8 Å². The highest BCUT2D eigenvalue weighted by atomic mass is 32.1. The van der Waals surface area contributed by atoms with E-state index >= 15 is 0 Å². The smallest absolute Gasteiger partial charge is 0.248 e. The summed E-state index contributed by atoms with van der Waals surface area (Å²) in [5.41, 5.74) is 1.64. The lowest BCUT2D eigenvalue weighted by molar-refractivity contribution is -0.127. The fraction of sp³-hybridized carbons (Fsp3) is 0.400. The Bertz CT molecular complexity index is 1110. The third kappa shape index (κ3) is 5.50. The Hall–Kier alpha value is -3.00. The summed E-state index contributed by atoms with van der Waals surface area (Å²) in [7, 11) is 1.78. The van der Waals surface area contributed by atoms with Crippen molar-refractivity contribution >= 4 is 28.8 Å². The largest absolute Gasteiger partial charge is 0.351 e. The van der Waals surface area contributed by atoms with Crippen molar-refractivity contribution in [2.24, 2.45) is 7.05 Å². The van der Waals surface area contributed by atoms with Gasteiger partial charge in [-0.2, -0.15) is 5.10 Å². The quantitative estimate of drug-likeness (QED) is 0.547. The van der Waals surface area contributed by atoms with E-state index in [-0.39, 0.29) is 24.3 Å². The van der Waals surface area contributed by atoms with Gasteiger partial charge >= 0.3 is 0 Å². The second-order valence-electron chi connectivity index (χ2n) is 8.59. The van der Waals surface area contributed by atoms with Gasteiger partial charge in [-0.3, -0.25) is 19.2 Å². The van der Waals surface area contributed by atoms with Crippen LogP contribution in [0.15, 0.2) is 48.0 Å². The van der Waals surface area contributed by atoms with Gasteiger partial charge in [0.2, 0.25) is 11.8 Å². The molecule has 1 aliphatic carbocycles. The SMILES string of the molecule is Cc1nn(C)cc1C(C(=O)NC1CCCCC1)N(C(=O)Cc1cccs1)c1cccc(F)c1. The highest BCUT2D eigenvalue weighted by molar-refractivity contribution is 7.10. The van der Waals surface area contributed by atoms with Crippen molar-refractivity contribution in [2.75, 3.05) is 4.90 Å². The summed E-state index contributed by atoms with van der Waals surface area (Å²) in [4.78, 5) is 29.7. The summed E-state index contributed by atoms with van der Waals surface area (Å²) < 4.78 is 15.9. The van der Waals surface area contributed by atoms with Crippen LogP contribution in [0.5, 0.6) is 0 Å². The zero-order valence-corrected chi connectivity index (χ0v) is 19.8. The van der Waals surface area contributed by atoms with Crippen LogP contribution >= 0.6 is 11.3 Å². The maximum absolute atomic E-state index is 14.2. The first-order valence-corrected chi connectivity index (χ1v) is 12.2. The van der Waals surface area contributed by atoms with Crippen LogP contribution in [-0.2, 0) is 23.1 Å². The van der Waals surface area contributed by atoms with E-state index in [2.05, 4.69) is 10.4 Å². The molecular formula is C25H29FN4O2S. The Morgan fingerprint density at radius 1 is 1.24 bits per heavy atom. The Labute approximate surface area is 197 Å². The molecule has 174 valence electrons. The molecule has 6 nitrogen and oxygen atoms in total. The van der Waals surface area contributed by atoms with Crippen LogP contribution in [0.1, 0.15) is 54.3 Å². The number of rotatable bonds is 7. The van der Waals surface area contributed by atoms with Crippen molar-refractivity contribution in [2.45, 2.75) is 57.5 Å². The van der Waals surface area contributed by atoms with Crippen LogP contribution in [0, 0.1) is 12.7 Å². The normalized spacial score (nSPS) is 15.2. The van der Waals surface area contributed by atoms with Crippen LogP contribution in [-0.4, -0.2) is 27.6 Å². The molecule has 2 aromatic heterocycles. The van der Waals surface area contributed by atoms with E-state index in [1.54, 1.807) is 30.1 Å². The number of carbonyl (C=O) groups excluding carboxylic acids is 2. The van der Waals surface area contributed by atoms with Gasteiger partial charge in [-0.25, -0.2) is 4.39 Å². The minimum atomic E-state index is -0.949. The summed E-state index contributed by atoms with van der Waals surface area (Å²) in [5, 5.41) is 9.50. The van der Waals surface area contributed by atoms with E-state index in [9.17, 15) is 14.0 Å². The van der Waals surface area contributed by atoms with Crippen LogP contribution in [0.4, 0.5) is 10.1 Å². The van der Waals surface area contributed by atoms with Gasteiger partial charge in [0.05, 0.1) is 12.1 Å². The van der Waals surface area contributed by atoms with E-state index < -0.39 is 11.9 Å². The van der Waals surface area contributed by atoms with Crippen LogP contribution in [0.25, 0.3) is 0 Å². The summed E-state index contributed by atoms with van der Waals surface area (Å²) >= 11 is 1.48. The number of hydrogen-bond donors (Lipinski definition) is 1. The van der Waals surface area contributed by atoms with Gasteiger partial charge in [0.25, 0.3) is 0 Å². The van der Waals surface area contributed by atoms with Crippen molar-refractivity contribution in [1.29, 1.82) is 0 Å². The minimum absolute atomic E-state index is 0.0764. The average Bonchev–Trinajstić information content (AvgIpc) is 3.41. The van der Waals surface area contributed by atoms with E-state index in [1.807, 2.05) is 24.4 Å². The summed E-state index contributed by atoms with van der Waals surface area (Å²) in [6.45, 7) is 1.82. The first-order chi connectivity index (χ1) is 15.9. The lowest BCUT2D eigenvalue weighted by atomic mass is 9.94. The van der Waals surface area contributed by atoms with Gasteiger partial charge in [0, 0.05) is 35.4 Å². The number of amides is 2. The Morgan fingerprint density at radius 2 is 2.03 bits per heavy atom. The molecule has 1 fully saturated rings. The number of halogens is 1. The molecule has 1 aliphatic rings. The predicted molar refractivity (Wildman–Crippen MR) is 128 cm³/mol. The van der Waals surface area contributed by atoms with Gasteiger partial charge in [0.1, 0.15) is 11.9 Å². The molecule has 0 bridgehead atoms. The number of aryl methyl sites for hydroxylation is 2. The molecule has 2 heterocycles. The van der Waals surface area contributed by atoms with E-state index in [0.29, 0.717) is 16.9 Å². The average molecular weight is 469 g/mol. The second-order valence-corrected chi connectivity index (χ2v) is 9.62. The third-order valence-electron chi connectivity index (χ3n) is 6.06. The van der Waals surface area contributed by atoms with E-state index in [0.717, 1.165) is 30.6 Å². The summed E-state index contributed by atoms with van der Waals surface area (Å²) in [5.74, 6) is -0.993.